The highest BCUT2D eigenvalue weighted by Crippen LogP contribution is 2.06. The fourth-order valence-corrected chi connectivity index (χ4v) is 0.552. The Balaban J connectivity index is 2.42. The summed E-state index contributed by atoms with van der Waals surface area (Å²) in [5.74, 6) is 0. The molecule has 0 fully saturated rings. The van der Waals surface area contributed by atoms with Crippen LogP contribution in [0.25, 0.3) is 0 Å². The van der Waals surface area contributed by atoms with E-state index in [0.29, 0.717) is 0 Å². The molecule has 1 aliphatic heterocycles. The van der Waals surface area contributed by atoms with Crippen molar-refractivity contribution in [3.05, 3.63) is 12.2 Å². The molecule has 0 N–H and O–H groups in total. The highest BCUT2D eigenvalue weighted by atomic mass is 17.2. The molecular formula is C6H10O2. The maximum absolute atomic E-state index is 4.80. The topological polar surface area (TPSA) is 18.5 Å². The summed E-state index contributed by atoms with van der Waals surface area (Å²) >= 11 is 0. The standard InChI is InChI=1S/C6H10O2/c1-5-3-4-6(2)8-7-5/h3-6H,1-2H3. The van der Waals surface area contributed by atoms with Gasteiger partial charge in [-0.25, -0.2) is 9.78 Å². The zero-order valence-electron chi connectivity index (χ0n) is 5.13. The van der Waals surface area contributed by atoms with E-state index in [0.717, 1.165) is 0 Å². The first-order valence-electron chi connectivity index (χ1n) is 2.79. The van der Waals surface area contributed by atoms with Gasteiger partial charge in [-0.1, -0.05) is 12.2 Å². The Morgan fingerprint density at radius 3 is 1.62 bits per heavy atom. The molecular weight excluding hydrogens is 104 g/mol. The molecule has 0 aliphatic carbocycles. The first-order valence-corrected chi connectivity index (χ1v) is 2.79. The minimum atomic E-state index is 0.117. The van der Waals surface area contributed by atoms with Gasteiger partial charge >= 0.3 is 0 Å². The second kappa shape index (κ2) is 2.29. The van der Waals surface area contributed by atoms with Gasteiger partial charge in [0, 0.05) is 0 Å². The van der Waals surface area contributed by atoms with Crippen molar-refractivity contribution in [3.8, 4) is 0 Å². The van der Waals surface area contributed by atoms with E-state index in [-0.39, 0.29) is 12.2 Å². The molecule has 8 heavy (non-hydrogen) atoms. The first kappa shape index (κ1) is 5.79. The van der Waals surface area contributed by atoms with E-state index < -0.39 is 0 Å². The normalized spacial score (nSPS) is 37.8. The van der Waals surface area contributed by atoms with Crippen LogP contribution in [0.2, 0.25) is 0 Å². The van der Waals surface area contributed by atoms with Gasteiger partial charge in [0.15, 0.2) is 0 Å². The highest BCUT2D eigenvalue weighted by molar-refractivity contribution is 4.93. The second-order valence-corrected chi connectivity index (χ2v) is 1.99. The largest absolute Gasteiger partial charge is 0.229 e. The fraction of sp³-hybridized carbons (Fsp3) is 0.667. The fourth-order valence-electron chi connectivity index (χ4n) is 0.552. The summed E-state index contributed by atoms with van der Waals surface area (Å²) in [6.45, 7) is 3.87. The summed E-state index contributed by atoms with van der Waals surface area (Å²) in [5, 5.41) is 0. The first-order chi connectivity index (χ1) is 3.79. The monoisotopic (exact) mass is 114 g/mol. The molecule has 1 rings (SSSR count). The number of rotatable bonds is 0. The van der Waals surface area contributed by atoms with Crippen molar-refractivity contribution in [1.29, 1.82) is 0 Å². The van der Waals surface area contributed by atoms with Crippen LogP contribution in [-0.2, 0) is 9.78 Å². The van der Waals surface area contributed by atoms with Crippen LogP contribution in [0.5, 0.6) is 0 Å². The molecule has 0 spiro atoms. The molecule has 0 aromatic carbocycles. The van der Waals surface area contributed by atoms with Crippen LogP contribution in [0, 0.1) is 0 Å². The van der Waals surface area contributed by atoms with E-state index in [4.69, 9.17) is 9.78 Å². The van der Waals surface area contributed by atoms with E-state index in [1.807, 2.05) is 26.0 Å². The van der Waals surface area contributed by atoms with Gasteiger partial charge in [0.2, 0.25) is 0 Å². The predicted octanol–water partition coefficient (Wildman–Crippen LogP) is 1.28. The van der Waals surface area contributed by atoms with Gasteiger partial charge in [0.05, 0.1) is 0 Å². The zero-order chi connectivity index (χ0) is 5.98. The molecule has 0 amide bonds. The Kier molecular flexibility index (Phi) is 1.65. The Labute approximate surface area is 49.0 Å². The summed E-state index contributed by atoms with van der Waals surface area (Å²) in [4.78, 5) is 9.61. The molecule has 1 heterocycles. The van der Waals surface area contributed by atoms with Gasteiger partial charge < -0.3 is 0 Å². The molecule has 0 bridgehead atoms. The lowest BCUT2D eigenvalue weighted by atomic mass is 10.3. The van der Waals surface area contributed by atoms with Crippen molar-refractivity contribution in [1.82, 2.24) is 0 Å². The van der Waals surface area contributed by atoms with Crippen LogP contribution in [0.3, 0.4) is 0 Å². The molecule has 46 valence electrons. The van der Waals surface area contributed by atoms with Crippen molar-refractivity contribution in [3.63, 3.8) is 0 Å². The Morgan fingerprint density at radius 1 is 1.00 bits per heavy atom. The molecule has 2 unspecified atom stereocenters. The van der Waals surface area contributed by atoms with Crippen molar-refractivity contribution in [2.24, 2.45) is 0 Å². The number of hydrogen-bond donors (Lipinski definition) is 0. The minimum Gasteiger partial charge on any atom is -0.229 e. The van der Waals surface area contributed by atoms with Gasteiger partial charge in [-0.3, -0.25) is 0 Å². The highest BCUT2D eigenvalue weighted by Gasteiger charge is 2.07. The zero-order valence-corrected chi connectivity index (χ0v) is 5.13. The Bertz CT molecular complexity index is 86.7. The van der Waals surface area contributed by atoms with Gasteiger partial charge in [0.25, 0.3) is 0 Å². The Morgan fingerprint density at radius 2 is 1.38 bits per heavy atom. The van der Waals surface area contributed by atoms with E-state index >= 15 is 0 Å². The summed E-state index contributed by atoms with van der Waals surface area (Å²) in [6, 6.07) is 0. The second-order valence-electron chi connectivity index (χ2n) is 1.99. The molecule has 2 heteroatoms. The summed E-state index contributed by atoms with van der Waals surface area (Å²) in [7, 11) is 0. The molecule has 0 saturated carbocycles. The molecule has 1 aliphatic rings. The minimum absolute atomic E-state index is 0.117. The quantitative estimate of drug-likeness (QED) is 0.349. The average molecular weight is 114 g/mol. The number of hydrogen-bond acceptors (Lipinski definition) is 2. The molecule has 0 aromatic rings. The van der Waals surface area contributed by atoms with E-state index in [9.17, 15) is 0 Å². The third-order valence-corrected chi connectivity index (χ3v) is 1.01. The van der Waals surface area contributed by atoms with Crippen molar-refractivity contribution in [2.45, 2.75) is 26.1 Å². The van der Waals surface area contributed by atoms with Crippen molar-refractivity contribution < 1.29 is 9.78 Å². The van der Waals surface area contributed by atoms with Crippen LogP contribution in [0.1, 0.15) is 13.8 Å². The SMILES string of the molecule is CC1C=CC(C)OO1. The third-order valence-electron chi connectivity index (χ3n) is 1.01. The van der Waals surface area contributed by atoms with E-state index in [1.165, 1.54) is 0 Å². The lowest BCUT2D eigenvalue weighted by Crippen LogP contribution is -2.17. The summed E-state index contributed by atoms with van der Waals surface area (Å²) in [5.41, 5.74) is 0. The van der Waals surface area contributed by atoms with Crippen LogP contribution in [-0.4, -0.2) is 12.2 Å². The lowest BCUT2D eigenvalue weighted by Gasteiger charge is -2.16. The molecule has 2 atom stereocenters. The van der Waals surface area contributed by atoms with Crippen LogP contribution >= 0.6 is 0 Å². The van der Waals surface area contributed by atoms with E-state index in [2.05, 4.69) is 0 Å². The van der Waals surface area contributed by atoms with Crippen molar-refractivity contribution >= 4 is 0 Å². The van der Waals surface area contributed by atoms with Gasteiger partial charge in [-0.15, -0.1) is 0 Å². The molecule has 0 saturated heterocycles. The van der Waals surface area contributed by atoms with Crippen LogP contribution < -0.4 is 0 Å². The molecule has 0 radical (unpaired) electrons. The van der Waals surface area contributed by atoms with Crippen molar-refractivity contribution in [2.75, 3.05) is 0 Å². The van der Waals surface area contributed by atoms with Gasteiger partial charge in [-0.2, -0.15) is 0 Å². The maximum Gasteiger partial charge on any atom is 0.108 e. The molecule has 2 nitrogen and oxygen atoms in total. The average Bonchev–Trinajstić information content (AvgIpc) is 1.77. The summed E-state index contributed by atoms with van der Waals surface area (Å²) < 4.78 is 0. The Hall–Kier alpha value is -0.340. The molecule has 0 aromatic heterocycles. The van der Waals surface area contributed by atoms with Crippen LogP contribution in [0.15, 0.2) is 12.2 Å². The summed E-state index contributed by atoms with van der Waals surface area (Å²) in [6.07, 6.45) is 4.19. The van der Waals surface area contributed by atoms with Gasteiger partial charge in [0.1, 0.15) is 12.2 Å². The van der Waals surface area contributed by atoms with E-state index in [1.54, 1.807) is 0 Å². The third kappa shape index (κ3) is 1.32. The van der Waals surface area contributed by atoms with Gasteiger partial charge in [-0.05, 0) is 13.8 Å². The van der Waals surface area contributed by atoms with Crippen LogP contribution in [0.4, 0.5) is 0 Å². The lowest BCUT2D eigenvalue weighted by molar-refractivity contribution is -0.332. The smallest absolute Gasteiger partial charge is 0.108 e. The maximum atomic E-state index is 4.80. The predicted molar refractivity (Wildman–Crippen MR) is 30.2 cm³/mol.